The smallest absolute Gasteiger partial charge is 0.238 e. The van der Waals surface area contributed by atoms with Gasteiger partial charge in [-0.1, -0.05) is 45.9 Å². The molecule has 4 nitrogen and oxygen atoms in total. The van der Waals surface area contributed by atoms with Gasteiger partial charge in [-0.2, -0.15) is 0 Å². The molecule has 0 radical (unpaired) electrons. The molecule has 2 aliphatic rings. The fourth-order valence-corrected chi connectivity index (χ4v) is 6.21. The molecule has 2 amide bonds. The summed E-state index contributed by atoms with van der Waals surface area (Å²) < 4.78 is 0. The van der Waals surface area contributed by atoms with Gasteiger partial charge in [-0.25, -0.2) is 0 Å². The van der Waals surface area contributed by atoms with E-state index in [2.05, 4.69) is 51.2 Å². The lowest BCUT2D eigenvalue weighted by atomic mass is 9.84. The third-order valence-corrected chi connectivity index (χ3v) is 7.41. The minimum Gasteiger partial charge on any atom is -0.326 e. The summed E-state index contributed by atoms with van der Waals surface area (Å²) in [6.45, 7) is 8.75. The Balaban J connectivity index is 1.43. The molecule has 1 N–H and O–H groups in total. The van der Waals surface area contributed by atoms with Gasteiger partial charge < -0.3 is 5.32 Å². The van der Waals surface area contributed by atoms with Crippen molar-refractivity contribution in [3.63, 3.8) is 0 Å². The van der Waals surface area contributed by atoms with Crippen LogP contribution in [0.1, 0.15) is 69.0 Å². The SMILES string of the molecule is C[C@@H](CC(=O)Nc1ccc([C@@H]2SCC(=O)N2c2ccc3c(c2)CCC3)cc1)CC(C)(C)C. The fourth-order valence-electron chi connectivity index (χ4n) is 5.03. The molecule has 5 heteroatoms. The molecule has 2 atom stereocenters. The molecule has 0 saturated carbocycles. The number of nitrogens with zero attached hydrogens (tertiary/aromatic N) is 1. The third kappa shape index (κ3) is 5.37. The molecular weight excluding hydrogens is 416 g/mol. The molecule has 0 aromatic heterocycles. The number of aryl methyl sites for hydroxylation is 2. The van der Waals surface area contributed by atoms with Crippen molar-refractivity contribution < 1.29 is 9.59 Å². The number of benzene rings is 2. The van der Waals surface area contributed by atoms with Crippen LogP contribution in [0.2, 0.25) is 0 Å². The van der Waals surface area contributed by atoms with Crippen LogP contribution in [0.4, 0.5) is 11.4 Å². The van der Waals surface area contributed by atoms with E-state index in [0.29, 0.717) is 18.1 Å². The minimum absolute atomic E-state index is 0.0292. The number of hydrogen-bond donors (Lipinski definition) is 1. The van der Waals surface area contributed by atoms with Crippen molar-refractivity contribution in [2.45, 2.75) is 65.2 Å². The van der Waals surface area contributed by atoms with Crippen LogP contribution >= 0.6 is 11.8 Å². The van der Waals surface area contributed by atoms with E-state index in [1.807, 2.05) is 29.2 Å². The van der Waals surface area contributed by atoms with Crippen LogP contribution in [-0.2, 0) is 22.4 Å². The van der Waals surface area contributed by atoms with Gasteiger partial charge in [0.1, 0.15) is 5.37 Å². The normalized spacial score (nSPS) is 19.2. The van der Waals surface area contributed by atoms with Crippen LogP contribution in [0.15, 0.2) is 42.5 Å². The van der Waals surface area contributed by atoms with E-state index >= 15 is 0 Å². The molecule has 0 bridgehead atoms. The third-order valence-electron chi connectivity index (χ3n) is 6.20. The average molecular weight is 451 g/mol. The maximum Gasteiger partial charge on any atom is 0.238 e. The zero-order valence-electron chi connectivity index (χ0n) is 19.6. The summed E-state index contributed by atoms with van der Waals surface area (Å²) >= 11 is 1.66. The number of carbonyl (C=O) groups excluding carboxylic acids is 2. The molecule has 2 aromatic rings. The number of nitrogens with one attached hydrogen (secondary N) is 1. The predicted molar refractivity (Wildman–Crippen MR) is 134 cm³/mol. The molecule has 170 valence electrons. The first kappa shape index (κ1) is 22.9. The van der Waals surface area contributed by atoms with Crippen molar-refractivity contribution in [1.82, 2.24) is 0 Å². The van der Waals surface area contributed by atoms with Gasteiger partial charge >= 0.3 is 0 Å². The number of carbonyl (C=O) groups is 2. The fraction of sp³-hybridized carbons (Fsp3) is 0.481. The Morgan fingerprint density at radius 1 is 1.12 bits per heavy atom. The molecule has 1 aliphatic heterocycles. The van der Waals surface area contributed by atoms with Crippen LogP contribution in [-0.4, -0.2) is 17.6 Å². The number of hydrogen-bond acceptors (Lipinski definition) is 3. The van der Waals surface area contributed by atoms with E-state index in [0.717, 1.165) is 36.2 Å². The number of rotatable bonds is 6. The lowest BCUT2D eigenvalue weighted by Gasteiger charge is -2.25. The molecule has 0 unspecified atom stereocenters. The van der Waals surface area contributed by atoms with Crippen LogP contribution in [0.5, 0.6) is 0 Å². The average Bonchev–Trinajstić information content (AvgIpc) is 3.32. The van der Waals surface area contributed by atoms with Gasteiger partial charge in [0, 0.05) is 17.8 Å². The first-order valence-corrected chi connectivity index (χ1v) is 12.7. The van der Waals surface area contributed by atoms with Gasteiger partial charge in [0.2, 0.25) is 11.8 Å². The highest BCUT2D eigenvalue weighted by molar-refractivity contribution is 8.00. The summed E-state index contributed by atoms with van der Waals surface area (Å²) in [7, 11) is 0. The van der Waals surface area contributed by atoms with Crippen LogP contribution in [0.25, 0.3) is 0 Å². The summed E-state index contributed by atoms with van der Waals surface area (Å²) in [6.07, 6.45) is 4.99. The van der Waals surface area contributed by atoms with E-state index in [4.69, 9.17) is 0 Å². The Morgan fingerprint density at radius 3 is 2.56 bits per heavy atom. The van der Waals surface area contributed by atoms with Crippen molar-refractivity contribution in [2.75, 3.05) is 16.0 Å². The summed E-state index contributed by atoms with van der Waals surface area (Å²) in [5.41, 5.74) is 5.91. The van der Waals surface area contributed by atoms with E-state index in [1.165, 1.54) is 17.5 Å². The first-order valence-electron chi connectivity index (χ1n) is 11.6. The standard InChI is InChI=1S/C27H34N2O2S/c1-18(16-27(2,3)4)14-24(30)28-22-11-8-20(9-12-22)26-29(25(31)17-32-26)23-13-10-19-6-5-7-21(19)15-23/h8-13,15,18,26H,5-7,14,16-17H2,1-4H3,(H,28,30)/t18-,26-/m0/s1. The van der Waals surface area contributed by atoms with Crippen molar-refractivity contribution in [2.24, 2.45) is 11.3 Å². The van der Waals surface area contributed by atoms with Gasteiger partial charge in [-0.3, -0.25) is 14.5 Å². The van der Waals surface area contributed by atoms with E-state index in [1.54, 1.807) is 11.8 Å². The minimum atomic E-state index is -0.0292. The Labute approximate surface area is 196 Å². The first-order chi connectivity index (χ1) is 15.2. The highest BCUT2D eigenvalue weighted by Crippen LogP contribution is 2.43. The maximum atomic E-state index is 12.7. The van der Waals surface area contributed by atoms with Crippen LogP contribution in [0, 0.1) is 11.3 Å². The summed E-state index contributed by atoms with van der Waals surface area (Å²) in [4.78, 5) is 27.1. The van der Waals surface area contributed by atoms with Crippen molar-refractivity contribution in [3.05, 3.63) is 59.2 Å². The van der Waals surface area contributed by atoms with E-state index in [9.17, 15) is 9.59 Å². The van der Waals surface area contributed by atoms with Crippen molar-refractivity contribution in [1.29, 1.82) is 0 Å². The van der Waals surface area contributed by atoms with E-state index < -0.39 is 0 Å². The lowest BCUT2D eigenvalue weighted by molar-refractivity contribution is -0.117. The maximum absolute atomic E-state index is 12.7. The summed E-state index contributed by atoms with van der Waals surface area (Å²) in [6, 6.07) is 14.4. The predicted octanol–water partition coefficient (Wildman–Crippen LogP) is 6.35. The van der Waals surface area contributed by atoms with Crippen molar-refractivity contribution >= 4 is 35.0 Å². The quantitative estimate of drug-likeness (QED) is 0.557. The van der Waals surface area contributed by atoms with Gasteiger partial charge in [-0.15, -0.1) is 11.8 Å². The summed E-state index contributed by atoms with van der Waals surface area (Å²) in [5, 5.41) is 3.00. The lowest BCUT2D eigenvalue weighted by Crippen LogP contribution is -2.27. The monoisotopic (exact) mass is 450 g/mol. The highest BCUT2D eigenvalue weighted by atomic mass is 32.2. The second-order valence-corrected chi connectivity index (χ2v) is 11.5. The zero-order valence-corrected chi connectivity index (χ0v) is 20.4. The number of thioether (sulfide) groups is 1. The zero-order chi connectivity index (χ0) is 22.9. The second-order valence-electron chi connectivity index (χ2n) is 10.5. The molecule has 32 heavy (non-hydrogen) atoms. The van der Waals surface area contributed by atoms with Crippen LogP contribution in [0.3, 0.4) is 0 Å². The van der Waals surface area contributed by atoms with Gasteiger partial charge in [0.25, 0.3) is 0 Å². The Morgan fingerprint density at radius 2 is 1.84 bits per heavy atom. The molecule has 1 heterocycles. The number of amides is 2. The molecule has 1 fully saturated rings. The van der Waals surface area contributed by atoms with E-state index in [-0.39, 0.29) is 22.6 Å². The Hall–Kier alpha value is -2.27. The molecule has 1 aliphatic carbocycles. The largest absolute Gasteiger partial charge is 0.326 e. The van der Waals surface area contributed by atoms with Gasteiger partial charge in [0.05, 0.1) is 5.75 Å². The topological polar surface area (TPSA) is 49.4 Å². The van der Waals surface area contributed by atoms with Gasteiger partial charge in [-0.05, 0) is 78.0 Å². The molecule has 1 saturated heterocycles. The molecule has 2 aromatic carbocycles. The van der Waals surface area contributed by atoms with Crippen molar-refractivity contribution in [3.8, 4) is 0 Å². The highest BCUT2D eigenvalue weighted by Gasteiger charge is 2.34. The second kappa shape index (κ2) is 9.30. The molecule has 4 rings (SSSR count). The Kier molecular flexibility index (Phi) is 6.66. The molecule has 0 spiro atoms. The number of anilines is 2. The summed E-state index contributed by atoms with van der Waals surface area (Å²) in [5.74, 6) is 1.05. The Bertz CT molecular complexity index is 994. The molecular formula is C27H34N2O2S. The number of fused-ring (bicyclic) bond motifs is 1. The van der Waals surface area contributed by atoms with Crippen LogP contribution < -0.4 is 10.2 Å². The van der Waals surface area contributed by atoms with Gasteiger partial charge in [0.15, 0.2) is 0 Å².